The molecule has 0 aromatic carbocycles. The molecular formula is C19H20ClN9O5S3. The maximum Gasteiger partial charge on any atom is 0.355 e. The number of carbonyl (C=O) groups excluding carboxylic acids is 3. The number of fused-ring (bicyclic) bond motifs is 1. The van der Waals surface area contributed by atoms with E-state index in [-0.39, 0.29) is 33.9 Å². The van der Waals surface area contributed by atoms with Gasteiger partial charge in [-0.3, -0.25) is 14.5 Å². The summed E-state index contributed by atoms with van der Waals surface area (Å²) < 4.78 is 6.75. The Morgan fingerprint density at radius 2 is 2.24 bits per heavy atom. The van der Waals surface area contributed by atoms with E-state index in [0.29, 0.717) is 22.2 Å². The SMILES string of the molecule is C=C(Cl)COC(=O)C1=C(CSc2nnnn2C)CS[C@H]2C(NC(=O)C(=NOC)c3csc(N)n3)C(=O)N12. The van der Waals surface area contributed by atoms with E-state index in [0.717, 1.165) is 11.3 Å². The van der Waals surface area contributed by atoms with Crippen molar-refractivity contribution in [2.45, 2.75) is 16.6 Å². The minimum absolute atomic E-state index is 0.0952. The van der Waals surface area contributed by atoms with E-state index in [9.17, 15) is 14.4 Å². The van der Waals surface area contributed by atoms with Gasteiger partial charge in [-0.2, -0.15) is 0 Å². The van der Waals surface area contributed by atoms with Crippen molar-refractivity contribution in [3.8, 4) is 0 Å². The van der Waals surface area contributed by atoms with Gasteiger partial charge in [-0.25, -0.2) is 14.5 Å². The van der Waals surface area contributed by atoms with Crippen LogP contribution in [0.2, 0.25) is 0 Å². The van der Waals surface area contributed by atoms with Crippen LogP contribution in [0, 0.1) is 0 Å². The van der Waals surface area contributed by atoms with Crippen molar-refractivity contribution in [3.05, 3.63) is 34.0 Å². The van der Waals surface area contributed by atoms with E-state index < -0.39 is 29.2 Å². The molecule has 1 saturated heterocycles. The highest BCUT2D eigenvalue weighted by Gasteiger charge is 2.54. The van der Waals surface area contributed by atoms with Crippen molar-refractivity contribution in [1.29, 1.82) is 0 Å². The summed E-state index contributed by atoms with van der Waals surface area (Å²) in [5.41, 5.74) is 6.49. The monoisotopic (exact) mass is 585 g/mol. The van der Waals surface area contributed by atoms with Gasteiger partial charge in [0.2, 0.25) is 5.16 Å². The molecule has 0 bridgehead atoms. The summed E-state index contributed by atoms with van der Waals surface area (Å²) in [4.78, 5) is 49.3. The van der Waals surface area contributed by atoms with E-state index in [2.05, 4.69) is 37.6 Å². The molecule has 3 N–H and O–H groups in total. The van der Waals surface area contributed by atoms with Gasteiger partial charge in [-0.05, 0) is 16.0 Å². The fourth-order valence-electron chi connectivity index (χ4n) is 3.39. The number of ether oxygens (including phenoxy) is 1. The number of aryl methyl sites for hydroxylation is 1. The molecule has 1 unspecified atom stereocenters. The average molecular weight is 586 g/mol. The topological polar surface area (TPSA) is 180 Å². The average Bonchev–Trinajstić information content (AvgIpc) is 3.49. The van der Waals surface area contributed by atoms with Crippen LogP contribution in [0.4, 0.5) is 5.13 Å². The van der Waals surface area contributed by atoms with E-state index >= 15 is 0 Å². The quantitative estimate of drug-likeness (QED) is 0.128. The maximum atomic E-state index is 13.2. The predicted molar refractivity (Wildman–Crippen MR) is 138 cm³/mol. The number of amides is 2. The largest absolute Gasteiger partial charge is 0.455 e. The Hall–Kier alpha value is -3.15. The van der Waals surface area contributed by atoms with Crippen molar-refractivity contribution < 1.29 is 24.0 Å². The highest BCUT2D eigenvalue weighted by molar-refractivity contribution is 8.01. The molecule has 0 saturated carbocycles. The third-order valence-corrected chi connectivity index (χ3v) is 8.23. The fraction of sp³-hybridized carbons (Fsp3) is 0.368. The van der Waals surface area contributed by atoms with E-state index in [4.69, 9.17) is 26.9 Å². The van der Waals surface area contributed by atoms with Crippen LogP contribution in [0.15, 0.2) is 38.6 Å². The molecule has 2 aromatic heterocycles. The summed E-state index contributed by atoms with van der Waals surface area (Å²) in [5, 5.41) is 19.6. The Morgan fingerprint density at radius 1 is 1.46 bits per heavy atom. The number of β-lactam (4-membered cyclic amide) rings is 1. The molecule has 2 aliphatic heterocycles. The zero-order valence-corrected chi connectivity index (χ0v) is 22.6. The lowest BCUT2D eigenvalue weighted by Crippen LogP contribution is -2.71. The molecule has 4 rings (SSSR count). The zero-order valence-electron chi connectivity index (χ0n) is 19.4. The summed E-state index contributed by atoms with van der Waals surface area (Å²) in [5.74, 6) is -1.16. The third kappa shape index (κ3) is 5.73. The second-order valence-electron chi connectivity index (χ2n) is 7.47. The number of aromatic nitrogens is 5. The molecule has 0 aliphatic carbocycles. The smallest absolute Gasteiger partial charge is 0.355 e. The number of anilines is 1. The molecule has 0 radical (unpaired) electrons. The number of oxime groups is 1. The third-order valence-electron chi connectivity index (χ3n) is 5.01. The molecule has 2 amide bonds. The predicted octanol–water partition coefficient (Wildman–Crippen LogP) is 0.341. The Bertz CT molecular complexity index is 1310. The van der Waals surface area contributed by atoms with Crippen LogP contribution in [0.3, 0.4) is 0 Å². The lowest BCUT2D eigenvalue weighted by molar-refractivity contribution is -0.152. The molecular weight excluding hydrogens is 566 g/mol. The molecule has 2 aromatic rings. The number of thiazole rings is 1. The number of hydrogen-bond donors (Lipinski definition) is 2. The van der Waals surface area contributed by atoms with Gasteiger partial charge >= 0.3 is 5.97 Å². The lowest BCUT2D eigenvalue weighted by Gasteiger charge is -2.49. The number of nitrogens with zero attached hydrogens (tertiary/aromatic N) is 7. The number of nitrogens with one attached hydrogen (secondary N) is 1. The molecule has 18 heteroatoms. The van der Waals surface area contributed by atoms with Gasteiger partial charge in [0, 0.05) is 29.0 Å². The Labute approximate surface area is 227 Å². The van der Waals surface area contributed by atoms with E-state index in [1.165, 1.54) is 40.2 Å². The Balaban J connectivity index is 1.54. The molecule has 0 spiro atoms. The summed E-state index contributed by atoms with van der Waals surface area (Å²) in [6.45, 7) is 3.30. The van der Waals surface area contributed by atoms with Gasteiger partial charge in [0.25, 0.3) is 11.8 Å². The molecule has 2 atom stereocenters. The molecule has 4 heterocycles. The maximum absolute atomic E-state index is 13.2. The van der Waals surface area contributed by atoms with Gasteiger partial charge < -0.3 is 20.6 Å². The number of carbonyl (C=O) groups is 3. The lowest BCUT2D eigenvalue weighted by atomic mass is 10.0. The number of halogens is 1. The van der Waals surface area contributed by atoms with Gasteiger partial charge in [0.1, 0.15) is 36.5 Å². The molecule has 196 valence electrons. The van der Waals surface area contributed by atoms with Crippen LogP contribution in [-0.4, -0.2) is 90.2 Å². The second kappa shape index (κ2) is 11.5. The molecule has 14 nitrogen and oxygen atoms in total. The van der Waals surface area contributed by atoms with Crippen LogP contribution in [0.25, 0.3) is 0 Å². The standard InChI is InChI=1S/C19H20ClN9O5S3/c1-8(20)4-34-17(32)13-9(6-37-19-24-26-27-28(19)2)5-35-16-12(15(31)29(13)16)23-14(30)11(25-33-3)10-7-36-18(21)22-10/h7,12,16H,1,4-6H2,2-3H3,(H2,21,22)(H,23,30)/t12?,16-/m0/s1. The van der Waals surface area contributed by atoms with Crippen molar-refractivity contribution in [2.75, 3.05) is 31.0 Å². The number of nitrogens with two attached hydrogens (primary N) is 1. The van der Waals surface area contributed by atoms with E-state index in [1.807, 2.05) is 0 Å². The number of thioether (sulfide) groups is 2. The summed E-state index contributed by atoms with van der Waals surface area (Å²) >= 11 is 9.58. The first-order chi connectivity index (χ1) is 17.7. The number of esters is 1. The normalized spacial score (nSPS) is 19.3. The van der Waals surface area contributed by atoms with Gasteiger partial charge in [0.05, 0.1) is 0 Å². The molecule has 37 heavy (non-hydrogen) atoms. The second-order valence-corrected chi connectivity index (χ2v) is 10.9. The van der Waals surface area contributed by atoms with Crippen molar-refractivity contribution in [3.63, 3.8) is 0 Å². The number of nitrogen functional groups attached to an aromatic ring is 1. The highest BCUT2D eigenvalue weighted by atomic mass is 35.5. The van der Waals surface area contributed by atoms with Crippen LogP contribution < -0.4 is 11.1 Å². The van der Waals surface area contributed by atoms with Crippen molar-refractivity contribution in [1.82, 2.24) is 35.4 Å². The van der Waals surface area contributed by atoms with Crippen molar-refractivity contribution in [2.24, 2.45) is 12.2 Å². The van der Waals surface area contributed by atoms with Gasteiger partial charge in [-0.15, -0.1) is 28.2 Å². The Morgan fingerprint density at radius 3 is 2.86 bits per heavy atom. The summed E-state index contributed by atoms with van der Waals surface area (Å²) in [7, 11) is 2.97. The van der Waals surface area contributed by atoms with Crippen LogP contribution >= 0.6 is 46.5 Å². The summed E-state index contributed by atoms with van der Waals surface area (Å²) in [6, 6.07) is -0.918. The first kappa shape index (κ1) is 26.9. The number of rotatable bonds is 10. The van der Waals surface area contributed by atoms with Gasteiger partial charge in [0.15, 0.2) is 10.8 Å². The zero-order chi connectivity index (χ0) is 26.7. The van der Waals surface area contributed by atoms with E-state index in [1.54, 1.807) is 12.4 Å². The fourth-order valence-corrected chi connectivity index (χ4v) is 6.33. The van der Waals surface area contributed by atoms with Crippen LogP contribution in [0.1, 0.15) is 5.69 Å². The molecule has 2 aliphatic rings. The number of tetrazole rings is 1. The van der Waals surface area contributed by atoms with Crippen LogP contribution in [-0.2, 0) is 31.0 Å². The first-order valence-electron chi connectivity index (χ1n) is 10.4. The highest BCUT2D eigenvalue weighted by Crippen LogP contribution is 2.42. The first-order valence-corrected chi connectivity index (χ1v) is 13.7. The Kier molecular flexibility index (Phi) is 8.35. The van der Waals surface area contributed by atoms with Crippen LogP contribution in [0.5, 0.6) is 0 Å². The van der Waals surface area contributed by atoms with Gasteiger partial charge in [-0.1, -0.05) is 35.1 Å². The number of hydrogen-bond acceptors (Lipinski definition) is 14. The minimum Gasteiger partial charge on any atom is -0.455 e. The van der Waals surface area contributed by atoms with Crippen molar-refractivity contribution >= 4 is 75.1 Å². The minimum atomic E-state index is -0.918. The molecule has 1 fully saturated rings. The summed E-state index contributed by atoms with van der Waals surface area (Å²) in [6.07, 6.45) is 0.